The summed E-state index contributed by atoms with van der Waals surface area (Å²) in [7, 11) is 0. The smallest absolute Gasteiger partial charge is 0.259 e. The number of carbonyl (C=O) groups excluding carboxylic acids is 1. The lowest BCUT2D eigenvalue weighted by Gasteiger charge is -2.31. The normalized spacial score (nSPS) is 14.7. The van der Waals surface area contributed by atoms with Gasteiger partial charge in [-0.25, -0.2) is 9.97 Å². The summed E-state index contributed by atoms with van der Waals surface area (Å²) in [5.74, 6) is 2.37. The van der Waals surface area contributed by atoms with Gasteiger partial charge in [0.2, 0.25) is 0 Å². The maximum Gasteiger partial charge on any atom is 0.259 e. The van der Waals surface area contributed by atoms with Crippen LogP contribution < -0.4 is 0 Å². The largest absolute Gasteiger partial charge is 0.364 e. The van der Waals surface area contributed by atoms with E-state index in [1.807, 2.05) is 35.8 Å². The molecule has 5 rings (SSSR count). The third-order valence-corrected chi connectivity index (χ3v) is 6.18. The van der Waals surface area contributed by atoms with Gasteiger partial charge in [-0.1, -0.05) is 35.5 Å². The molecule has 1 aromatic carbocycles. The highest BCUT2D eigenvalue weighted by Gasteiger charge is 2.28. The van der Waals surface area contributed by atoms with Gasteiger partial charge in [0.05, 0.1) is 12.2 Å². The quantitative estimate of drug-likeness (QED) is 0.468. The topological polar surface area (TPSA) is 82.0 Å². The van der Waals surface area contributed by atoms with Gasteiger partial charge in [-0.15, -0.1) is 0 Å². The zero-order chi connectivity index (χ0) is 21.9. The van der Waals surface area contributed by atoms with Crippen molar-refractivity contribution in [2.24, 2.45) is 0 Å². The van der Waals surface area contributed by atoms with Crippen LogP contribution in [0.1, 0.15) is 52.0 Å². The Bertz CT molecular complexity index is 1180. The van der Waals surface area contributed by atoms with Crippen LogP contribution in [0.5, 0.6) is 0 Å². The summed E-state index contributed by atoms with van der Waals surface area (Å²) < 4.78 is 9.30. The molecular formula is C24H26N6O2. The Kier molecular flexibility index (Phi) is 5.58. The molecule has 0 bridgehead atoms. The molecule has 1 fully saturated rings. The van der Waals surface area contributed by atoms with Crippen LogP contribution in [0.2, 0.25) is 0 Å². The molecule has 0 radical (unpaired) electrons. The number of carbonyl (C=O) groups is 1. The third-order valence-electron chi connectivity index (χ3n) is 6.18. The number of benzene rings is 1. The summed E-state index contributed by atoms with van der Waals surface area (Å²) in [4.78, 5) is 23.9. The molecule has 1 aliphatic heterocycles. The average molecular weight is 431 g/mol. The molecule has 3 aromatic heterocycles. The highest BCUT2D eigenvalue weighted by Crippen LogP contribution is 2.28. The number of piperidine rings is 1. The molecule has 1 saturated heterocycles. The van der Waals surface area contributed by atoms with Crippen LogP contribution in [0.3, 0.4) is 0 Å². The summed E-state index contributed by atoms with van der Waals surface area (Å²) in [5, 5.41) is 3.82. The van der Waals surface area contributed by atoms with Gasteiger partial charge >= 0.3 is 0 Å². The molecule has 0 spiro atoms. The van der Waals surface area contributed by atoms with Gasteiger partial charge in [-0.2, -0.15) is 0 Å². The van der Waals surface area contributed by atoms with Crippen molar-refractivity contribution in [3.05, 3.63) is 89.9 Å². The van der Waals surface area contributed by atoms with Crippen LogP contribution in [-0.2, 0) is 13.1 Å². The van der Waals surface area contributed by atoms with Crippen molar-refractivity contribution < 1.29 is 9.32 Å². The number of hydrogen-bond donors (Lipinski definition) is 0. The zero-order valence-corrected chi connectivity index (χ0v) is 18.1. The minimum Gasteiger partial charge on any atom is -0.364 e. The van der Waals surface area contributed by atoms with Gasteiger partial charge < -0.3 is 18.6 Å². The fourth-order valence-corrected chi connectivity index (χ4v) is 4.39. The first kappa shape index (κ1) is 20.2. The molecule has 4 aromatic rings. The Hall–Kier alpha value is -3.68. The number of imidazole rings is 2. The van der Waals surface area contributed by atoms with Crippen molar-refractivity contribution in [2.45, 2.75) is 38.8 Å². The second-order valence-corrected chi connectivity index (χ2v) is 8.25. The second-order valence-electron chi connectivity index (χ2n) is 8.25. The fourth-order valence-electron chi connectivity index (χ4n) is 4.39. The molecule has 8 heteroatoms. The Morgan fingerprint density at radius 2 is 1.78 bits per heavy atom. The SMILES string of the molecule is Cc1nocc1C(=O)N1CCC(c2nccn2Cc2nccn2Cc2ccccc2)CC1. The van der Waals surface area contributed by atoms with E-state index in [2.05, 4.69) is 48.5 Å². The summed E-state index contributed by atoms with van der Waals surface area (Å²) in [6.45, 7) is 4.66. The fraction of sp³-hybridized carbons (Fsp3) is 0.333. The molecule has 4 heterocycles. The molecule has 0 unspecified atom stereocenters. The molecule has 164 valence electrons. The highest BCUT2D eigenvalue weighted by atomic mass is 16.5. The van der Waals surface area contributed by atoms with Crippen LogP contribution in [0.15, 0.2) is 65.9 Å². The van der Waals surface area contributed by atoms with Crippen LogP contribution >= 0.6 is 0 Å². The molecule has 0 N–H and O–H groups in total. The Balaban J connectivity index is 1.25. The highest BCUT2D eigenvalue weighted by molar-refractivity contribution is 5.94. The molecule has 1 aliphatic rings. The van der Waals surface area contributed by atoms with E-state index >= 15 is 0 Å². The van der Waals surface area contributed by atoms with Crippen molar-refractivity contribution in [2.75, 3.05) is 13.1 Å². The number of likely N-dealkylation sites (tertiary alicyclic amines) is 1. The molecule has 0 atom stereocenters. The van der Waals surface area contributed by atoms with Crippen molar-refractivity contribution in [1.29, 1.82) is 0 Å². The van der Waals surface area contributed by atoms with E-state index in [9.17, 15) is 4.79 Å². The number of aryl methyl sites for hydroxylation is 1. The second kappa shape index (κ2) is 8.82. The van der Waals surface area contributed by atoms with E-state index in [1.165, 1.54) is 11.8 Å². The maximum absolute atomic E-state index is 12.7. The number of rotatable bonds is 6. The van der Waals surface area contributed by atoms with E-state index in [4.69, 9.17) is 4.52 Å². The lowest BCUT2D eigenvalue weighted by atomic mass is 9.95. The monoisotopic (exact) mass is 430 g/mol. The summed E-state index contributed by atoms with van der Waals surface area (Å²) in [6.07, 6.45) is 11.0. The summed E-state index contributed by atoms with van der Waals surface area (Å²) in [5.41, 5.74) is 2.44. The van der Waals surface area contributed by atoms with Gasteiger partial charge in [0.1, 0.15) is 23.5 Å². The van der Waals surface area contributed by atoms with Crippen molar-refractivity contribution in [1.82, 2.24) is 29.2 Å². The van der Waals surface area contributed by atoms with E-state index in [-0.39, 0.29) is 5.91 Å². The summed E-state index contributed by atoms with van der Waals surface area (Å²) >= 11 is 0. The average Bonchev–Trinajstić information content (AvgIpc) is 3.57. The Labute approximate surface area is 186 Å². The van der Waals surface area contributed by atoms with Crippen LogP contribution in [-0.4, -0.2) is 48.2 Å². The zero-order valence-electron chi connectivity index (χ0n) is 18.1. The van der Waals surface area contributed by atoms with Crippen LogP contribution in [0, 0.1) is 6.92 Å². The molecule has 1 amide bonds. The maximum atomic E-state index is 12.7. The van der Waals surface area contributed by atoms with Gasteiger partial charge in [0, 0.05) is 50.3 Å². The lowest BCUT2D eigenvalue weighted by molar-refractivity contribution is 0.0709. The predicted molar refractivity (Wildman–Crippen MR) is 118 cm³/mol. The number of hydrogen-bond acceptors (Lipinski definition) is 5. The Morgan fingerprint density at radius 1 is 1.03 bits per heavy atom. The first-order valence-electron chi connectivity index (χ1n) is 10.9. The Morgan fingerprint density at radius 3 is 2.53 bits per heavy atom. The van der Waals surface area contributed by atoms with Crippen molar-refractivity contribution in [3.63, 3.8) is 0 Å². The van der Waals surface area contributed by atoms with Gasteiger partial charge in [0.15, 0.2) is 0 Å². The first-order chi connectivity index (χ1) is 15.7. The van der Waals surface area contributed by atoms with E-state index < -0.39 is 0 Å². The van der Waals surface area contributed by atoms with Crippen LogP contribution in [0.25, 0.3) is 0 Å². The lowest BCUT2D eigenvalue weighted by Crippen LogP contribution is -2.38. The third kappa shape index (κ3) is 4.08. The van der Waals surface area contributed by atoms with Gasteiger partial charge in [0.25, 0.3) is 5.91 Å². The molecule has 8 nitrogen and oxygen atoms in total. The molecule has 32 heavy (non-hydrogen) atoms. The van der Waals surface area contributed by atoms with Crippen LogP contribution in [0.4, 0.5) is 0 Å². The van der Waals surface area contributed by atoms with Crippen molar-refractivity contribution in [3.8, 4) is 0 Å². The predicted octanol–water partition coefficient (Wildman–Crippen LogP) is 3.49. The van der Waals surface area contributed by atoms with Gasteiger partial charge in [-0.05, 0) is 25.3 Å². The minimum atomic E-state index is -0.00604. The van der Waals surface area contributed by atoms with E-state index in [0.717, 1.165) is 31.0 Å². The number of nitrogens with zero attached hydrogens (tertiary/aromatic N) is 6. The van der Waals surface area contributed by atoms with Gasteiger partial charge in [-0.3, -0.25) is 4.79 Å². The number of aromatic nitrogens is 5. The first-order valence-corrected chi connectivity index (χ1v) is 10.9. The number of amides is 1. The standard InChI is InChI=1S/C24H26N6O2/c1-18-21(17-32-27-18)24(31)28-11-7-20(8-12-28)23-26-10-14-30(23)16-22-25-9-13-29(22)15-19-5-3-2-4-6-19/h2-6,9-10,13-14,17,20H,7-8,11-12,15-16H2,1H3. The molecule has 0 aliphatic carbocycles. The minimum absolute atomic E-state index is 0.00604. The summed E-state index contributed by atoms with van der Waals surface area (Å²) in [6, 6.07) is 10.4. The van der Waals surface area contributed by atoms with E-state index in [0.29, 0.717) is 36.8 Å². The molecule has 0 saturated carbocycles. The molecular weight excluding hydrogens is 404 g/mol. The van der Waals surface area contributed by atoms with Crippen molar-refractivity contribution >= 4 is 5.91 Å². The van der Waals surface area contributed by atoms with E-state index in [1.54, 1.807) is 6.92 Å².